The van der Waals surface area contributed by atoms with Crippen LogP contribution in [0.2, 0.25) is 0 Å². The molecule has 1 aliphatic heterocycles. The first kappa shape index (κ1) is 17.7. The van der Waals surface area contributed by atoms with Crippen LogP contribution in [0.3, 0.4) is 0 Å². The smallest absolute Gasteiger partial charge is 0.363 e. The van der Waals surface area contributed by atoms with E-state index in [-0.39, 0.29) is 11.5 Å². The van der Waals surface area contributed by atoms with Crippen molar-refractivity contribution in [1.29, 1.82) is 0 Å². The molecule has 0 amide bonds. The van der Waals surface area contributed by atoms with Gasteiger partial charge in [0.1, 0.15) is 17.3 Å². The third-order valence-electron chi connectivity index (χ3n) is 3.88. The van der Waals surface area contributed by atoms with Gasteiger partial charge in [-0.15, -0.1) is 0 Å². The number of hydrogen-bond donors (Lipinski definition) is 0. The number of carbonyl (C=O) groups excluding carboxylic acids is 1. The van der Waals surface area contributed by atoms with Crippen molar-refractivity contribution in [2.24, 2.45) is 4.99 Å². The predicted molar refractivity (Wildman–Crippen MR) is 95.8 cm³/mol. The molecule has 2 aromatic carbocycles. The van der Waals surface area contributed by atoms with Gasteiger partial charge in [-0.05, 0) is 47.9 Å². The minimum absolute atomic E-state index is 0.217. The van der Waals surface area contributed by atoms with E-state index in [1.165, 1.54) is 12.1 Å². The van der Waals surface area contributed by atoms with Crippen LogP contribution in [0.5, 0.6) is 11.5 Å². The second-order valence-electron chi connectivity index (χ2n) is 5.70. The lowest BCUT2D eigenvalue weighted by Crippen LogP contribution is -2.05. The molecule has 0 spiro atoms. The van der Waals surface area contributed by atoms with Gasteiger partial charge in [-0.1, -0.05) is 12.1 Å². The van der Waals surface area contributed by atoms with E-state index in [1.54, 1.807) is 50.6 Å². The highest BCUT2D eigenvalue weighted by Crippen LogP contribution is 2.25. The van der Waals surface area contributed by atoms with Crippen molar-refractivity contribution in [1.82, 2.24) is 0 Å². The first-order valence-electron chi connectivity index (χ1n) is 8.06. The van der Waals surface area contributed by atoms with Crippen molar-refractivity contribution < 1.29 is 23.4 Å². The quantitative estimate of drug-likeness (QED) is 0.585. The van der Waals surface area contributed by atoms with E-state index >= 15 is 0 Å². The third kappa shape index (κ3) is 4.27. The van der Waals surface area contributed by atoms with Gasteiger partial charge in [0.2, 0.25) is 0 Å². The van der Waals surface area contributed by atoms with E-state index in [0.29, 0.717) is 30.2 Å². The van der Waals surface area contributed by atoms with Crippen LogP contribution in [-0.2, 0) is 16.0 Å². The first-order valence-corrected chi connectivity index (χ1v) is 8.06. The molecule has 3 rings (SSSR count). The highest BCUT2D eigenvalue weighted by molar-refractivity contribution is 6.07. The van der Waals surface area contributed by atoms with Gasteiger partial charge in [0.15, 0.2) is 11.6 Å². The van der Waals surface area contributed by atoms with Gasteiger partial charge in [-0.3, -0.25) is 0 Å². The van der Waals surface area contributed by atoms with Crippen molar-refractivity contribution >= 4 is 17.9 Å². The molecule has 26 heavy (non-hydrogen) atoms. The van der Waals surface area contributed by atoms with E-state index in [1.807, 2.05) is 0 Å². The average molecular weight is 355 g/mol. The summed E-state index contributed by atoms with van der Waals surface area (Å²) in [6.45, 7) is 0. The molecule has 0 aliphatic carbocycles. The van der Waals surface area contributed by atoms with Crippen LogP contribution in [0.15, 0.2) is 53.2 Å². The Balaban J connectivity index is 1.75. The Morgan fingerprint density at radius 1 is 1.04 bits per heavy atom. The van der Waals surface area contributed by atoms with E-state index in [2.05, 4.69) is 4.99 Å². The zero-order valence-corrected chi connectivity index (χ0v) is 14.5. The molecule has 134 valence electrons. The molecule has 0 radical (unpaired) electrons. The van der Waals surface area contributed by atoms with Gasteiger partial charge < -0.3 is 14.2 Å². The Labute approximate surface area is 150 Å². The lowest BCUT2D eigenvalue weighted by Gasteiger charge is -2.05. The van der Waals surface area contributed by atoms with Crippen molar-refractivity contribution in [2.75, 3.05) is 14.2 Å². The molecular formula is C20H18FNO4. The standard InChI is InChI=1S/C20H18FNO4/c1-24-16-9-14(10-17(12-16)25-2)11-18-20(23)26-19(22-18)8-5-13-3-6-15(21)7-4-13/h3-4,6-7,9-12H,5,8H2,1-2H3/b18-11+. The summed E-state index contributed by atoms with van der Waals surface area (Å²) in [4.78, 5) is 16.3. The maximum Gasteiger partial charge on any atom is 0.363 e. The minimum Gasteiger partial charge on any atom is -0.497 e. The van der Waals surface area contributed by atoms with Crippen LogP contribution in [0.4, 0.5) is 4.39 Å². The summed E-state index contributed by atoms with van der Waals surface area (Å²) >= 11 is 0. The first-order chi connectivity index (χ1) is 12.6. The molecule has 5 nitrogen and oxygen atoms in total. The number of benzene rings is 2. The molecule has 0 fully saturated rings. The van der Waals surface area contributed by atoms with Gasteiger partial charge in [0, 0.05) is 12.5 Å². The zero-order chi connectivity index (χ0) is 18.5. The summed E-state index contributed by atoms with van der Waals surface area (Å²) in [5, 5.41) is 0. The Bertz CT molecular complexity index is 850. The van der Waals surface area contributed by atoms with Gasteiger partial charge in [-0.2, -0.15) is 0 Å². The average Bonchev–Trinajstić information content (AvgIpc) is 3.00. The number of methoxy groups -OCH3 is 2. The second-order valence-corrected chi connectivity index (χ2v) is 5.70. The van der Waals surface area contributed by atoms with Crippen molar-refractivity contribution in [3.05, 3.63) is 65.1 Å². The molecule has 2 aromatic rings. The van der Waals surface area contributed by atoms with E-state index in [4.69, 9.17) is 14.2 Å². The van der Waals surface area contributed by atoms with Gasteiger partial charge in [0.25, 0.3) is 0 Å². The largest absolute Gasteiger partial charge is 0.497 e. The number of aryl methyl sites for hydroxylation is 1. The van der Waals surface area contributed by atoms with Gasteiger partial charge in [0.05, 0.1) is 14.2 Å². The van der Waals surface area contributed by atoms with Crippen molar-refractivity contribution in [2.45, 2.75) is 12.8 Å². The number of halogens is 1. The number of ether oxygens (including phenoxy) is 3. The number of carbonyl (C=O) groups is 1. The summed E-state index contributed by atoms with van der Waals surface area (Å²) in [5.74, 6) is 0.796. The summed E-state index contributed by atoms with van der Waals surface area (Å²) in [5.41, 5.74) is 1.88. The number of aliphatic imine (C=N–C) groups is 1. The molecular weight excluding hydrogens is 337 g/mol. The Hall–Kier alpha value is -3.15. The molecule has 6 heteroatoms. The molecule has 0 atom stereocenters. The maximum absolute atomic E-state index is 12.9. The van der Waals surface area contributed by atoms with Crippen molar-refractivity contribution in [3.8, 4) is 11.5 Å². The van der Waals surface area contributed by atoms with E-state index in [0.717, 1.165) is 11.1 Å². The Morgan fingerprint density at radius 3 is 2.31 bits per heavy atom. The second kappa shape index (κ2) is 7.82. The topological polar surface area (TPSA) is 57.1 Å². The van der Waals surface area contributed by atoms with Crippen LogP contribution >= 0.6 is 0 Å². The lowest BCUT2D eigenvalue weighted by atomic mass is 10.1. The molecule has 0 aromatic heterocycles. The lowest BCUT2D eigenvalue weighted by molar-refractivity contribution is -0.130. The summed E-state index contributed by atoms with van der Waals surface area (Å²) in [6.07, 6.45) is 2.68. The zero-order valence-electron chi connectivity index (χ0n) is 14.5. The highest BCUT2D eigenvalue weighted by Gasteiger charge is 2.22. The predicted octanol–water partition coefficient (Wildman–Crippen LogP) is 3.77. The number of hydrogen-bond acceptors (Lipinski definition) is 5. The minimum atomic E-state index is -0.499. The van der Waals surface area contributed by atoms with Crippen LogP contribution in [0.25, 0.3) is 6.08 Å². The third-order valence-corrected chi connectivity index (χ3v) is 3.88. The highest BCUT2D eigenvalue weighted by atomic mass is 19.1. The van der Waals surface area contributed by atoms with Crippen LogP contribution in [-0.4, -0.2) is 26.1 Å². The molecule has 0 N–H and O–H groups in total. The fourth-order valence-corrected chi connectivity index (χ4v) is 2.53. The SMILES string of the molecule is COc1cc(/C=C2/N=C(CCc3ccc(F)cc3)OC2=O)cc(OC)c1. The normalized spacial score (nSPS) is 15.0. The summed E-state index contributed by atoms with van der Waals surface area (Å²) in [7, 11) is 3.11. The number of nitrogens with zero attached hydrogens (tertiary/aromatic N) is 1. The monoisotopic (exact) mass is 355 g/mol. The number of esters is 1. The fraction of sp³-hybridized carbons (Fsp3) is 0.200. The van der Waals surface area contributed by atoms with E-state index in [9.17, 15) is 9.18 Å². The van der Waals surface area contributed by atoms with E-state index < -0.39 is 5.97 Å². The number of rotatable bonds is 6. The molecule has 1 aliphatic rings. The van der Waals surface area contributed by atoms with Gasteiger partial charge in [-0.25, -0.2) is 14.2 Å². The van der Waals surface area contributed by atoms with Crippen LogP contribution in [0.1, 0.15) is 17.5 Å². The van der Waals surface area contributed by atoms with Crippen LogP contribution in [0, 0.1) is 5.82 Å². The summed E-state index contributed by atoms with van der Waals surface area (Å²) in [6, 6.07) is 11.5. The maximum atomic E-state index is 12.9. The Morgan fingerprint density at radius 2 is 1.69 bits per heavy atom. The molecule has 0 bridgehead atoms. The number of cyclic esters (lactones) is 1. The van der Waals surface area contributed by atoms with Crippen molar-refractivity contribution in [3.63, 3.8) is 0 Å². The molecule has 0 unspecified atom stereocenters. The summed E-state index contributed by atoms with van der Waals surface area (Å²) < 4.78 is 28.6. The molecule has 0 saturated heterocycles. The Kier molecular flexibility index (Phi) is 5.31. The molecule has 1 heterocycles. The van der Waals surface area contributed by atoms with Gasteiger partial charge >= 0.3 is 5.97 Å². The fourth-order valence-electron chi connectivity index (χ4n) is 2.53. The van der Waals surface area contributed by atoms with Crippen LogP contribution < -0.4 is 9.47 Å². The molecule has 0 saturated carbocycles.